The van der Waals surface area contributed by atoms with Crippen LogP contribution in [0.3, 0.4) is 0 Å². The Morgan fingerprint density at radius 1 is 1.19 bits per heavy atom. The molecular weight excluding hydrogens is 484 g/mol. The Morgan fingerprint density at radius 2 is 1.89 bits per heavy atom. The predicted octanol–water partition coefficient (Wildman–Crippen LogP) is 1.94. The molecule has 4 heterocycles. The maximum atomic E-state index is 13.5. The Bertz CT molecular complexity index is 1440. The molecule has 2 fully saturated rings. The van der Waals surface area contributed by atoms with Gasteiger partial charge in [-0.05, 0) is 62.2 Å². The SMILES string of the molecule is CCn1c(O)c(C=Nc2ccc3c(c2)CC2(C(=O)N(C)C(=O)N(C)C2=O)[C@H]2CCCN32)c(=O)[nH]c1=S. The van der Waals surface area contributed by atoms with Crippen LogP contribution in [0.2, 0.25) is 0 Å². The minimum absolute atomic E-state index is 0.0290. The van der Waals surface area contributed by atoms with Gasteiger partial charge in [-0.2, -0.15) is 0 Å². The first-order chi connectivity index (χ1) is 17.1. The van der Waals surface area contributed by atoms with Gasteiger partial charge < -0.3 is 10.0 Å². The van der Waals surface area contributed by atoms with Gasteiger partial charge in [-0.25, -0.2) is 4.79 Å². The van der Waals surface area contributed by atoms with Crippen LogP contribution in [0.4, 0.5) is 16.2 Å². The number of fused-ring (bicyclic) bond motifs is 4. The van der Waals surface area contributed by atoms with E-state index in [0.29, 0.717) is 25.2 Å². The van der Waals surface area contributed by atoms with Crippen LogP contribution in [0.1, 0.15) is 30.9 Å². The molecule has 0 aliphatic carbocycles. The van der Waals surface area contributed by atoms with Crippen molar-refractivity contribution in [3.8, 4) is 5.88 Å². The zero-order valence-electron chi connectivity index (χ0n) is 20.1. The number of anilines is 1. The maximum Gasteiger partial charge on any atom is 0.332 e. The van der Waals surface area contributed by atoms with Crippen LogP contribution in [0.5, 0.6) is 5.88 Å². The molecule has 4 amide bonds. The van der Waals surface area contributed by atoms with Crippen molar-refractivity contribution < 1.29 is 19.5 Å². The number of barbiturate groups is 1. The number of nitrogens with zero attached hydrogens (tertiary/aromatic N) is 5. The van der Waals surface area contributed by atoms with E-state index in [0.717, 1.165) is 27.5 Å². The fraction of sp³-hybridized carbons (Fsp3) is 0.417. The Morgan fingerprint density at radius 3 is 2.56 bits per heavy atom. The standard InChI is InChI=1S/C24H26N6O5S/c1-4-29-19(32)15(18(31)26-22(29)36)12-25-14-7-8-16-13(10-14)11-24(17-6-5-9-30(16)17)20(33)27(2)23(35)28(3)21(24)34/h7-8,10,12,17,32H,4-6,9,11H2,1-3H3,(H,26,31,36)/t17-/m1/s1. The number of benzene rings is 1. The van der Waals surface area contributed by atoms with Gasteiger partial charge in [-0.3, -0.25) is 38.7 Å². The molecule has 12 heteroatoms. The van der Waals surface area contributed by atoms with Gasteiger partial charge in [0.2, 0.25) is 17.7 Å². The summed E-state index contributed by atoms with van der Waals surface area (Å²) in [5.74, 6) is -1.26. The molecule has 1 aromatic carbocycles. The number of aromatic hydroxyl groups is 1. The topological polar surface area (TPSA) is 131 Å². The molecule has 2 N–H and O–H groups in total. The summed E-state index contributed by atoms with van der Waals surface area (Å²) in [7, 11) is 2.82. The van der Waals surface area contributed by atoms with Crippen molar-refractivity contribution in [3.63, 3.8) is 0 Å². The molecule has 3 aliphatic heterocycles. The Kier molecular flexibility index (Phi) is 5.58. The molecule has 5 rings (SSSR count). The largest absolute Gasteiger partial charge is 0.494 e. The van der Waals surface area contributed by atoms with Crippen molar-refractivity contribution in [3.05, 3.63) is 44.5 Å². The van der Waals surface area contributed by atoms with Crippen LogP contribution in [0, 0.1) is 10.2 Å². The average Bonchev–Trinajstić information content (AvgIpc) is 3.35. The number of hydrogen-bond donors (Lipinski definition) is 2. The number of H-pyrrole nitrogens is 1. The second-order valence-electron chi connectivity index (χ2n) is 9.32. The second kappa shape index (κ2) is 8.40. The van der Waals surface area contributed by atoms with Crippen LogP contribution in [0.25, 0.3) is 0 Å². The summed E-state index contributed by atoms with van der Waals surface area (Å²) in [6.07, 6.45) is 2.90. The highest BCUT2D eigenvalue weighted by Gasteiger charge is 2.63. The first-order valence-electron chi connectivity index (χ1n) is 11.7. The van der Waals surface area contributed by atoms with Crippen molar-refractivity contribution >= 4 is 47.7 Å². The van der Waals surface area contributed by atoms with E-state index in [-0.39, 0.29) is 28.7 Å². The van der Waals surface area contributed by atoms with Crippen LogP contribution in [0.15, 0.2) is 28.0 Å². The minimum Gasteiger partial charge on any atom is -0.494 e. The number of carbonyl (C=O) groups excluding carboxylic acids is 3. The highest BCUT2D eigenvalue weighted by atomic mass is 32.1. The van der Waals surface area contributed by atoms with Crippen molar-refractivity contribution in [2.45, 2.75) is 38.8 Å². The van der Waals surface area contributed by atoms with E-state index < -0.39 is 28.8 Å². The minimum atomic E-state index is -1.40. The lowest BCUT2D eigenvalue weighted by molar-refractivity contribution is -0.159. The average molecular weight is 511 g/mol. The third-order valence-corrected chi connectivity index (χ3v) is 7.80. The van der Waals surface area contributed by atoms with E-state index in [2.05, 4.69) is 14.9 Å². The zero-order valence-corrected chi connectivity index (χ0v) is 21.0. The number of rotatable bonds is 3. The summed E-state index contributed by atoms with van der Waals surface area (Å²) >= 11 is 5.08. The predicted molar refractivity (Wildman–Crippen MR) is 134 cm³/mol. The van der Waals surface area contributed by atoms with Crippen LogP contribution < -0.4 is 10.5 Å². The van der Waals surface area contributed by atoms with Gasteiger partial charge in [0.1, 0.15) is 5.56 Å². The third kappa shape index (κ3) is 3.24. The molecule has 0 bridgehead atoms. The molecule has 36 heavy (non-hydrogen) atoms. The molecule has 0 saturated carbocycles. The van der Waals surface area contributed by atoms with E-state index >= 15 is 0 Å². The molecule has 2 saturated heterocycles. The van der Waals surface area contributed by atoms with Crippen LogP contribution >= 0.6 is 12.2 Å². The summed E-state index contributed by atoms with van der Waals surface area (Å²) in [4.78, 5) is 62.9. The Hall–Kier alpha value is -3.80. The Labute approximate surface area is 211 Å². The number of nitrogens with one attached hydrogen (secondary N) is 1. The van der Waals surface area contributed by atoms with Crippen molar-refractivity contribution in [2.75, 3.05) is 25.5 Å². The molecule has 1 atom stereocenters. The Balaban J connectivity index is 1.58. The lowest BCUT2D eigenvalue weighted by Crippen LogP contribution is -2.70. The smallest absolute Gasteiger partial charge is 0.332 e. The van der Waals surface area contributed by atoms with Crippen molar-refractivity contribution in [1.29, 1.82) is 0 Å². The number of aliphatic imine (C=N–C) groups is 1. The summed E-state index contributed by atoms with van der Waals surface area (Å²) in [6.45, 7) is 2.85. The van der Waals surface area contributed by atoms with Crippen molar-refractivity contribution in [2.24, 2.45) is 10.4 Å². The molecule has 2 aromatic rings. The normalized spacial score (nSPS) is 21.0. The number of aromatic amines is 1. The molecule has 0 unspecified atom stereocenters. The lowest BCUT2D eigenvalue weighted by Gasteiger charge is -2.50. The number of aromatic nitrogens is 2. The first-order valence-corrected chi connectivity index (χ1v) is 12.1. The van der Waals surface area contributed by atoms with E-state index in [4.69, 9.17) is 12.2 Å². The maximum absolute atomic E-state index is 13.5. The summed E-state index contributed by atoms with van der Waals surface area (Å²) < 4.78 is 1.50. The summed E-state index contributed by atoms with van der Waals surface area (Å²) in [5, 5.41) is 10.5. The van der Waals surface area contributed by atoms with Crippen LogP contribution in [-0.2, 0) is 22.6 Å². The molecular formula is C24H26N6O5S. The molecule has 11 nitrogen and oxygen atoms in total. The van der Waals surface area contributed by atoms with Gasteiger partial charge in [0, 0.05) is 39.1 Å². The quantitative estimate of drug-likeness (QED) is 0.367. The highest BCUT2D eigenvalue weighted by Crippen LogP contribution is 2.49. The molecule has 1 aromatic heterocycles. The summed E-state index contributed by atoms with van der Waals surface area (Å²) in [5.41, 5.74) is 0.174. The summed E-state index contributed by atoms with van der Waals surface area (Å²) in [6, 6.07) is 4.49. The monoisotopic (exact) mass is 510 g/mol. The van der Waals surface area contributed by atoms with Gasteiger partial charge >= 0.3 is 6.03 Å². The molecule has 1 spiro atoms. The van der Waals surface area contributed by atoms with E-state index in [9.17, 15) is 24.3 Å². The van der Waals surface area contributed by atoms with Crippen LogP contribution in [-0.4, -0.2) is 75.2 Å². The number of hydrogen-bond acceptors (Lipinski definition) is 8. The number of urea groups is 1. The van der Waals surface area contributed by atoms with Gasteiger partial charge in [0.15, 0.2) is 10.2 Å². The van der Waals surface area contributed by atoms with E-state index in [1.165, 1.54) is 24.9 Å². The molecule has 0 radical (unpaired) electrons. The van der Waals surface area contributed by atoms with Gasteiger partial charge in [0.05, 0.1) is 11.7 Å². The fourth-order valence-corrected chi connectivity index (χ4v) is 6.02. The zero-order chi connectivity index (χ0) is 25.9. The van der Waals surface area contributed by atoms with Gasteiger partial charge in [-0.1, -0.05) is 0 Å². The number of imide groups is 2. The second-order valence-corrected chi connectivity index (χ2v) is 9.71. The third-order valence-electron chi connectivity index (χ3n) is 7.48. The van der Waals surface area contributed by atoms with E-state index in [1.54, 1.807) is 19.1 Å². The van der Waals surface area contributed by atoms with E-state index in [1.807, 2.05) is 6.07 Å². The van der Waals surface area contributed by atoms with Gasteiger partial charge in [-0.15, -0.1) is 0 Å². The first kappa shape index (κ1) is 23.9. The number of carbonyl (C=O) groups is 3. The molecule has 188 valence electrons. The molecule has 3 aliphatic rings. The lowest BCUT2D eigenvalue weighted by atomic mass is 9.68. The highest BCUT2D eigenvalue weighted by molar-refractivity contribution is 7.71. The van der Waals surface area contributed by atoms with Gasteiger partial charge in [0.25, 0.3) is 5.56 Å². The van der Waals surface area contributed by atoms with Crippen molar-refractivity contribution in [1.82, 2.24) is 19.4 Å². The number of amides is 4. The fourth-order valence-electron chi connectivity index (χ4n) is 5.71.